The van der Waals surface area contributed by atoms with Gasteiger partial charge in [-0.1, -0.05) is 26.0 Å². The fraction of sp³-hybridized carbons (Fsp3) is 0.474. The molecule has 1 saturated heterocycles. The molecule has 2 heterocycles. The highest BCUT2D eigenvalue weighted by Crippen LogP contribution is 2.62. The number of H-pyrrole nitrogens is 1. The lowest BCUT2D eigenvalue weighted by atomic mass is 9.48. The van der Waals surface area contributed by atoms with Gasteiger partial charge in [-0.25, -0.2) is 4.39 Å². The maximum absolute atomic E-state index is 13.9. The maximum atomic E-state index is 13.9. The van der Waals surface area contributed by atoms with E-state index < -0.39 is 0 Å². The van der Waals surface area contributed by atoms with Crippen LogP contribution < -0.4 is 0 Å². The van der Waals surface area contributed by atoms with Crippen LogP contribution in [0.4, 0.5) is 4.39 Å². The van der Waals surface area contributed by atoms with Crippen LogP contribution in [0.15, 0.2) is 30.3 Å². The summed E-state index contributed by atoms with van der Waals surface area (Å²) in [5, 5.41) is 16.7. The lowest BCUT2D eigenvalue weighted by molar-refractivity contribution is -0.0977. The highest BCUT2D eigenvalue weighted by molar-refractivity contribution is 5.93. The van der Waals surface area contributed by atoms with Gasteiger partial charge in [0, 0.05) is 24.1 Å². The Morgan fingerprint density at radius 1 is 1.44 bits per heavy atom. The number of halogens is 1. The van der Waals surface area contributed by atoms with Crippen LogP contribution in [0.5, 0.6) is 0 Å². The molecule has 6 heteroatoms. The Hall–Kier alpha value is -2.21. The van der Waals surface area contributed by atoms with Gasteiger partial charge in [-0.05, 0) is 36.0 Å². The van der Waals surface area contributed by atoms with Crippen LogP contribution in [-0.4, -0.2) is 45.8 Å². The van der Waals surface area contributed by atoms with E-state index in [1.165, 1.54) is 6.07 Å². The van der Waals surface area contributed by atoms with Crippen molar-refractivity contribution in [3.05, 3.63) is 41.8 Å². The van der Waals surface area contributed by atoms with Crippen molar-refractivity contribution in [3.8, 4) is 11.3 Å². The van der Waals surface area contributed by atoms with Crippen molar-refractivity contribution in [2.45, 2.75) is 20.3 Å². The summed E-state index contributed by atoms with van der Waals surface area (Å²) >= 11 is 0. The van der Waals surface area contributed by atoms with Gasteiger partial charge in [0.05, 0.1) is 12.3 Å². The third-order valence-corrected chi connectivity index (χ3v) is 5.96. The molecular formula is C19H22FN3O2. The Morgan fingerprint density at radius 3 is 2.84 bits per heavy atom. The number of hydrogen-bond donors (Lipinski definition) is 2. The molecule has 1 aromatic carbocycles. The summed E-state index contributed by atoms with van der Waals surface area (Å²) in [6.45, 7) is 5.68. The fourth-order valence-electron chi connectivity index (χ4n) is 4.90. The first-order valence-electron chi connectivity index (χ1n) is 8.57. The molecule has 25 heavy (non-hydrogen) atoms. The Morgan fingerprint density at radius 2 is 2.20 bits per heavy atom. The highest BCUT2D eigenvalue weighted by atomic mass is 19.1. The van der Waals surface area contributed by atoms with E-state index in [0.717, 1.165) is 6.42 Å². The zero-order chi connectivity index (χ0) is 17.8. The number of benzene rings is 1. The summed E-state index contributed by atoms with van der Waals surface area (Å²) < 4.78 is 13.9. The zero-order valence-corrected chi connectivity index (χ0v) is 14.4. The van der Waals surface area contributed by atoms with E-state index in [1.54, 1.807) is 29.2 Å². The van der Waals surface area contributed by atoms with E-state index in [4.69, 9.17) is 0 Å². The lowest BCUT2D eigenvalue weighted by Crippen LogP contribution is -2.54. The summed E-state index contributed by atoms with van der Waals surface area (Å²) in [5.74, 6) is -0.204. The number of fused-ring (bicyclic) bond motifs is 1. The average Bonchev–Trinajstić information content (AvgIpc) is 3.18. The number of aromatic amines is 1. The minimum absolute atomic E-state index is 0.105. The van der Waals surface area contributed by atoms with Gasteiger partial charge in [-0.3, -0.25) is 9.89 Å². The van der Waals surface area contributed by atoms with Crippen molar-refractivity contribution >= 4 is 5.91 Å². The molecule has 1 aliphatic heterocycles. The third kappa shape index (κ3) is 2.39. The van der Waals surface area contributed by atoms with Crippen LogP contribution in [0.25, 0.3) is 11.3 Å². The molecule has 2 aliphatic rings. The molecule has 1 aromatic heterocycles. The number of rotatable bonds is 3. The molecule has 0 unspecified atom stereocenters. The molecule has 1 aliphatic carbocycles. The SMILES string of the molecule is CC1(C)C[C@]2(CO)CN(C(=O)c3cc(-c4ccccc4F)n[nH]3)C[C@H]12. The molecule has 2 N–H and O–H groups in total. The van der Waals surface area contributed by atoms with E-state index in [0.29, 0.717) is 36.0 Å². The van der Waals surface area contributed by atoms with E-state index in [2.05, 4.69) is 24.0 Å². The molecule has 1 saturated carbocycles. The van der Waals surface area contributed by atoms with Gasteiger partial charge in [0.15, 0.2) is 0 Å². The van der Waals surface area contributed by atoms with Crippen LogP contribution in [0, 0.1) is 22.6 Å². The Kier molecular flexibility index (Phi) is 3.51. The van der Waals surface area contributed by atoms with Gasteiger partial charge in [0.1, 0.15) is 11.5 Å². The lowest BCUT2D eigenvalue weighted by Gasteiger charge is -2.55. The Labute approximate surface area is 145 Å². The first-order valence-corrected chi connectivity index (χ1v) is 8.57. The number of hydrogen-bond acceptors (Lipinski definition) is 3. The van der Waals surface area contributed by atoms with Gasteiger partial charge in [-0.15, -0.1) is 0 Å². The van der Waals surface area contributed by atoms with Crippen molar-refractivity contribution in [2.75, 3.05) is 19.7 Å². The van der Waals surface area contributed by atoms with E-state index in [-0.39, 0.29) is 29.2 Å². The topological polar surface area (TPSA) is 69.2 Å². The fourth-order valence-corrected chi connectivity index (χ4v) is 4.90. The second-order valence-corrected chi connectivity index (χ2v) is 8.07. The van der Waals surface area contributed by atoms with Crippen molar-refractivity contribution in [1.82, 2.24) is 15.1 Å². The second kappa shape index (κ2) is 5.39. The van der Waals surface area contributed by atoms with Gasteiger partial charge < -0.3 is 10.0 Å². The number of nitrogens with zero attached hydrogens (tertiary/aromatic N) is 2. The first kappa shape index (κ1) is 16.3. The minimum atomic E-state index is -0.367. The smallest absolute Gasteiger partial charge is 0.271 e. The molecule has 2 aromatic rings. The van der Waals surface area contributed by atoms with Crippen LogP contribution >= 0.6 is 0 Å². The van der Waals surface area contributed by atoms with Crippen LogP contribution in [0.2, 0.25) is 0 Å². The van der Waals surface area contributed by atoms with Gasteiger partial charge >= 0.3 is 0 Å². The van der Waals surface area contributed by atoms with Crippen LogP contribution in [0.3, 0.4) is 0 Å². The maximum Gasteiger partial charge on any atom is 0.271 e. The van der Waals surface area contributed by atoms with Crippen molar-refractivity contribution < 1.29 is 14.3 Å². The quantitative estimate of drug-likeness (QED) is 0.900. The Bertz CT molecular complexity index is 832. The molecule has 0 bridgehead atoms. The summed E-state index contributed by atoms with van der Waals surface area (Å²) in [6, 6.07) is 7.96. The predicted octanol–water partition coefficient (Wildman–Crippen LogP) is 2.70. The number of aliphatic hydroxyl groups is 1. The number of carbonyl (C=O) groups is 1. The highest BCUT2D eigenvalue weighted by Gasteiger charge is 2.63. The van der Waals surface area contributed by atoms with E-state index in [9.17, 15) is 14.3 Å². The Balaban J connectivity index is 1.56. The van der Waals surface area contributed by atoms with Gasteiger partial charge in [0.25, 0.3) is 5.91 Å². The van der Waals surface area contributed by atoms with Crippen molar-refractivity contribution in [3.63, 3.8) is 0 Å². The molecular weight excluding hydrogens is 321 g/mol. The van der Waals surface area contributed by atoms with Crippen molar-refractivity contribution in [2.24, 2.45) is 16.7 Å². The largest absolute Gasteiger partial charge is 0.396 e. The minimum Gasteiger partial charge on any atom is -0.396 e. The molecule has 5 nitrogen and oxygen atoms in total. The standard InChI is InChI=1S/C19H22FN3O2/c1-18(2)9-19(11-24)10-23(8-16(18)19)17(25)15-7-14(21-22-15)12-5-3-4-6-13(12)20/h3-7,16,24H,8-11H2,1-2H3,(H,21,22)/t16-,19-/m1/s1. The predicted molar refractivity (Wildman–Crippen MR) is 91.3 cm³/mol. The molecule has 4 rings (SSSR count). The first-order chi connectivity index (χ1) is 11.9. The number of aliphatic hydroxyl groups excluding tert-OH is 1. The third-order valence-electron chi connectivity index (χ3n) is 5.96. The van der Waals surface area contributed by atoms with E-state index >= 15 is 0 Å². The second-order valence-electron chi connectivity index (χ2n) is 8.07. The van der Waals surface area contributed by atoms with Gasteiger partial charge in [-0.2, -0.15) is 5.10 Å². The number of nitrogens with one attached hydrogen (secondary N) is 1. The molecule has 2 fully saturated rings. The zero-order valence-electron chi connectivity index (χ0n) is 14.4. The average molecular weight is 343 g/mol. The summed E-state index contributed by atoms with van der Waals surface area (Å²) in [4.78, 5) is 14.6. The number of amides is 1. The molecule has 2 atom stereocenters. The van der Waals surface area contributed by atoms with Crippen molar-refractivity contribution in [1.29, 1.82) is 0 Å². The summed E-state index contributed by atoms with van der Waals surface area (Å²) in [5.41, 5.74) is 1.11. The molecule has 0 radical (unpaired) electrons. The molecule has 132 valence electrons. The van der Waals surface area contributed by atoms with E-state index in [1.807, 2.05) is 0 Å². The summed E-state index contributed by atoms with van der Waals surface area (Å²) in [7, 11) is 0. The number of aromatic nitrogens is 2. The molecule has 0 spiro atoms. The van der Waals surface area contributed by atoms with Crippen LogP contribution in [0.1, 0.15) is 30.8 Å². The molecule has 1 amide bonds. The van der Waals surface area contributed by atoms with Gasteiger partial charge in [0.2, 0.25) is 0 Å². The number of likely N-dealkylation sites (tertiary alicyclic amines) is 1. The summed E-state index contributed by atoms with van der Waals surface area (Å²) in [6.07, 6.45) is 0.925. The number of carbonyl (C=O) groups excluding carboxylic acids is 1. The van der Waals surface area contributed by atoms with Crippen LogP contribution in [-0.2, 0) is 0 Å². The monoisotopic (exact) mass is 343 g/mol. The normalized spacial score (nSPS) is 27.0.